The Morgan fingerprint density at radius 2 is 1.85 bits per heavy atom. The van der Waals surface area contributed by atoms with Gasteiger partial charge in [-0.1, -0.05) is 5.21 Å². The fourth-order valence-electron chi connectivity index (χ4n) is 1.71. The van der Waals surface area contributed by atoms with Crippen molar-refractivity contribution in [2.45, 2.75) is 0 Å². The summed E-state index contributed by atoms with van der Waals surface area (Å²) in [5.41, 5.74) is 1.42. The summed E-state index contributed by atoms with van der Waals surface area (Å²) in [6.07, 6.45) is 4.81. The Labute approximate surface area is 114 Å². The molecule has 0 aliphatic rings. The second kappa shape index (κ2) is 4.92. The summed E-state index contributed by atoms with van der Waals surface area (Å²) in [5.74, 6) is 0.182. The number of carbonyl (C=O) groups is 1. The summed E-state index contributed by atoms with van der Waals surface area (Å²) < 4.78 is 3.27. The molecule has 3 rings (SSSR count). The summed E-state index contributed by atoms with van der Waals surface area (Å²) in [5, 5.41) is 17.7. The summed E-state index contributed by atoms with van der Waals surface area (Å²) in [7, 11) is 1.73. The van der Waals surface area contributed by atoms with Gasteiger partial charge in [0.1, 0.15) is 12.7 Å². The Morgan fingerprint density at radius 1 is 1.15 bits per heavy atom. The highest BCUT2D eigenvalue weighted by Crippen LogP contribution is 2.10. The van der Waals surface area contributed by atoms with Crippen molar-refractivity contribution in [2.24, 2.45) is 7.05 Å². The molecule has 1 aromatic carbocycles. The zero-order chi connectivity index (χ0) is 13.9. The van der Waals surface area contributed by atoms with Gasteiger partial charge in [-0.3, -0.25) is 14.0 Å². The lowest BCUT2D eigenvalue weighted by Gasteiger charge is -2.04. The van der Waals surface area contributed by atoms with Gasteiger partial charge >= 0.3 is 0 Å². The largest absolute Gasteiger partial charge is 0.304 e. The fraction of sp³-hybridized carbons (Fsp3) is 0.0833. The highest BCUT2D eigenvalue weighted by Gasteiger charge is 2.08. The molecular weight excluding hydrogens is 258 g/mol. The molecular formula is C12H11N7O. The van der Waals surface area contributed by atoms with Crippen LogP contribution in [0.1, 0.15) is 10.4 Å². The molecule has 0 atom stereocenters. The minimum atomic E-state index is -0.235. The monoisotopic (exact) mass is 269 g/mol. The predicted octanol–water partition coefficient (Wildman–Crippen LogP) is 0.648. The number of nitrogens with zero attached hydrogens (tertiary/aromatic N) is 6. The van der Waals surface area contributed by atoms with Crippen molar-refractivity contribution in [1.82, 2.24) is 29.8 Å². The van der Waals surface area contributed by atoms with Gasteiger partial charge in [-0.05, 0) is 24.3 Å². The number of benzene rings is 1. The van der Waals surface area contributed by atoms with Crippen molar-refractivity contribution >= 4 is 11.7 Å². The van der Waals surface area contributed by atoms with Crippen molar-refractivity contribution in [3.05, 3.63) is 48.7 Å². The van der Waals surface area contributed by atoms with Crippen LogP contribution in [0.15, 0.2) is 43.1 Å². The normalized spacial score (nSPS) is 10.4. The van der Waals surface area contributed by atoms with Gasteiger partial charge in [0.2, 0.25) is 0 Å². The van der Waals surface area contributed by atoms with Crippen molar-refractivity contribution in [2.75, 3.05) is 5.32 Å². The first-order valence-electron chi connectivity index (χ1n) is 5.85. The first-order chi connectivity index (χ1) is 9.72. The average Bonchev–Trinajstić information content (AvgIpc) is 3.11. The Morgan fingerprint density at radius 3 is 2.45 bits per heavy atom. The molecule has 0 radical (unpaired) electrons. The second-order valence-electron chi connectivity index (χ2n) is 4.15. The van der Waals surface area contributed by atoms with Gasteiger partial charge in [0, 0.05) is 18.3 Å². The minimum absolute atomic E-state index is 0.235. The highest BCUT2D eigenvalue weighted by molar-refractivity contribution is 6.03. The van der Waals surface area contributed by atoms with Crippen LogP contribution in [-0.2, 0) is 7.05 Å². The van der Waals surface area contributed by atoms with E-state index < -0.39 is 0 Å². The quantitative estimate of drug-likeness (QED) is 0.753. The number of hydrogen-bond acceptors (Lipinski definition) is 5. The number of hydrogen-bond donors (Lipinski definition) is 1. The van der Waals surface area contributed by atoms with Crippen molar-refractivity contribution in [1.29, 1.82) is 0 Å². The number of carbonyl (C=O) groups excluding carboxylic acids is 1. The van der Waals surface area contributed by atoms with Crippen LogP contribution in [0.2, 0.25) is 0 Å². The van der Waals surface area contributed by atoms with E-state index in [4.69, 9.17) is 0 Å². The zero-order valence-corrected chi connectivity index (χ0v) is 10.6. The standard InChI is InChI=1S/C12H11N7O/c1-18-6-11(16-17-18)15-12(20)9-2-4-10(5-3-9)19-7-13-14-8-19/h2-8H,1H3,(H,15,20). The van der Waals surface area contributed by atoms with E-state index in [0.29, 0.717) is 11.4 Å². The molecule has 1 amide bonds. The van der Waals surface area contributed by atoms with Gasteiger partial charge in [-0.2, -0.15) is 0 Å². The van der Waals surface area contributed by atoms with Crippen molar-refractivity contribution < 1.29 is 4.79 Å². The van der Waals surface area contributed by atoms with Crippen LogP contribution in [-0.4, -0.2) is 35.7 Å². The molecule has 0 bridgehead atoms. The Bertz CT molecular complexity index is 715. The molecule has 8 nitrogen and oxygen atoms in total. The van der Waals surface area contributed by atoms with Gasteiger partial charge < -0.3 is 5.32 Å². The van der Waals surface area contributed by atoms with Crippen LogP contribution in [0.3, 0.4) is 0 Å². The number of rotatable bonds is 3. The molecule has 100 valence electrons. The number of aromatic nitrogens is 6. The van der Waals surface area contributed by atoms with Gasteiger partial charge in [0.15, 0.2) is 5.82 Å². The molecule has 20 heavy (non-hydrogen) atoms. The summed E-state index contributed by atoms with van der Waals surface area (Å²) in [6.45, 7) is 0. The number of amides is 1. The third kappa shape index (κ3) is 2.39. The van der Waals surface area contributed by atoms with Crippen LogP contribution >= 0.6 is 0 Å². The first kappa shape index (κ1) is 12.0. The maximum Gasteiger partial charge on any atom is 0.256 e. The molecule has 3 aromatic rings. The molecule has 0 spiro atoms. The van der Waals surface area contributed by atoms with E-state index in [1.807, 2.05) is 12.1 Å². The maximum atomic E-state index is 12.0. The van der Waals surface area contributed by atoms with Gasteiger partial charge in [0.25, 0.3) is 5.91 Å². The Kier molecular flexibility index (Phi) is 2.96. The maximum absolute atomic E-state index is 12.0. The molecule has 0 unspecified atom stereocenters. The number of nitrogens with one attached hydrogen (secondary N) is 1. The smallest absolute Gasteiger partial charge is 0.256 e. The molecule has 8 heteroatoms. The number of aryl methyl sites for hydroxylation is 1. The lowest BCUT2D eigenvalue weighted by Crippen LogP contribution is -2.12. The van der Waals surface area contributed by atoms with E-state index in [2.05, 4.69) is 25.8 Å². The third-order valence-corrected chi connectivity index (χ3v) is 2.69. The van der Waals surface area contributed by atoms with E-state index in [-0.39, 0.29) is 5.91 Å². The molecule has 0 aliphatic carbocycles. The van der Waals surface area contributed by atoms with Crippen LogP contribution < -0.4 is 5.32 Å². The minimum Gasteiger partial charge on any atom is -0.304 e. The highest BCUT2D eigenvalue weighted by atomic mass is 16.1. The summed E-state index contributed by atoms with van der Waals surface area (Å²) in [4.78, 5) is 12.0. The Balaban J connectivity index is 1.75. The van der Waals surface area contributed by atoms with Crippen molar-refractivity contribution in [3.8, 4) is 5.69 Å². The van der Waals surface area contributed by atoms with E-state index in [0.717, 1.165) is 5.69 Å². The summed E-state index contributed by atoms with van der Waals surface area (Å²) in [6, 6.07) is 7.08. The molecule has 0 saturated heterocycles. The summed E-state index contributed by atoms with van der Waals surface area (Å²) >= 11 is 0. The molecule has 0 aliphatic heterocycles. The van der Waals surface area contributed by atoms with Crippen LogP contribution in [0.5, 0.6) is 0 Å². The van der Waals surface area contributed by atoms with Gasteiger partial charge in [-0.15, -0.1) is 15.3 Å². The van der Waals surface area contributed by atoms with Crippen LogP contribution in [0, 0.1) is 0 Å². The van der Waals surface area contributed by atoms with Crippen LogP contribution in [0.25, 0.3) is 5.69 Å². The van der Waals surface area contributed by atoms with Gasteiger partial charge in [0.05, 0.1) is 6.20 Å². The topological polar surface area (TPSA) is 90.5 Å². The van der Waals surface area contributed by atoms with E-state index in [1.54, 1.807) is 42.6 Å². The molecule has 2 heterocycles. The predicted molar refractivity (Wildman–Crippen MR) is 70.3 cm³/mol. The lowest BCUT2D eigenvalue weighted by molar-refractivity contribution is 0.102. The molecule has 0 fully saturated rings. The zero-order valence-electron chi connectivity index (χ0n) is 10.6. The molecule has 1 N–H and O–H groups in total. The van der Waals surface area contributed by atoms with E-state index >= 15 is 0 Å². The number of anilines is 1. The lowest BCUT2D eigenvalue weighted by atomic mass is 10.2. The SMILES string of the molecule is Cn1cc(NC(=O)c2ccc(-n3cnnc3)cc2)nn1. The average molecular weight is 269 g/mol. The van der Waals surface area contributed by atoms with Crippen LogP contribution in [0.4, 0.5) is 5.82 Å². The van der Waals surface area contributed by atoms with Gasteiger partial charge in [-0.25, -0.2) is 0 Å². The molecule has 0 saturated carbocycles. The van der Waals surface area contributed by atoms with E-state index in [9.17, 15) is 4.79 Å². The van der Waals surface area contributed by atoms with Crippen molar-refractivity contribution in [3.63, 3.8) is 0 Å². The Hall–Kier alpha value is -3.03. The third-order valence-electron chi connectivity index (χ3n) is 2.69. The molecule has 2 aromatic heterocycles. The first-order valence-corrected chi connectivity index (χ1v) is 5.85. The van der Waals surface area contributed by atoms with E-state index in [1.165, 1.54) is 4.68 Å². The second-order valence-corrected chi connectivity index (χ2v) is 4.15. The fourth-order valence-corrected chi connectivity index (χ4v) is 1.71.